The highest BCUT2D eigenvalue weighted by atomic mass is 32.2. The lowest BCUT2D eigenvalue weighted by Gasteiger charge is -2.19. The van der Waals surface area contributed by atoms with Crippen LogP contribution in [-0.4, -0.2) is 32.9 Å². The van der Waals surface area contributed by atoms with Crippen LogP contribution in [0.4, 0.5) is 0 Å². The van der Waals surface area contributed by atoms with E-state index < -0.39 is 10.0 Å². The third-order valence-electron chi connectivity index (χ3n) is 3.39. The van der Waals surface area contributed by atoms with Crippen molar-refractivity contribution in [2.45, 2.75) is 52.0 Å². The summed E-state index contributed by atoms with van der Waals surface area (Å²) < 4.78 is 27.1. The molecule has 0 aromatic carbocycles. The third kappa shape index (κ3) is 5.06. The second-order valence-electron chi connectivity index (χ2n) is 5.86. The topological polar surface area (TPSA) is 49.4 Å². The molecule has 0 atom stereocenters. The highest BCUT2D eigenvalue weighted by molar-refractivity contribution is 7.89. The highest BCUT2D eigenvalue weighted by Crippen LogP contribution is 2.29. The van der Waals surface area contributed by atoms with Crippen LogP contribution in [0.5, 0.6) is 0 Å². The molecule has 0 aliphatic carbocycles. The SMILES string of the molecule is CCCNCc1scc(C)c1S(=O)(=O)N(C)CCC(C)C. The van der Waals surface area contributed by atoms with E-state index in [-0.39, 0.29) is 0 Å². The molecule has 1 heterocycles. The second kappa shape index (κ2) is 8.27. The Morgan fingerprint density at radius 3 is 2.62 bits per heavy atom. The molecule has 1 aromatic rings. The molecule has 0 aliphatic rings. The smallest absolute Gasteiger partial charge is 0.244 e. The second-order valence-corrected chi connectivity index (χ2v) is 8.80. The molecule has 122 valence electrons. The fraction of sp³-hybridized carbons (Fsp3) is 0.733. The maximum Gasteiger partial charge on any atom is 0.244 e. The van der Waals surface area contributed by atoms with Gasteiger partial charge < -0.3 is 5.32 Å². The lowest BCUT2D eigenvalue weighted by Crippen LogP contribution is -2.30. The molecule has 0 saturated heterocycles. The van der Waals surface area contributed by atoms with E-state index in [1.807, 2.05) is 12.3 Å². The number of thiophene rings is 1. The minimum Gasteiger partial charge on any atom is -0.312 e. The Hall–Kier alpha value is -0.430. The average Bonchev–Trinajstić information content (AvgIpc) is 2.78. The molecule has 0 radical (unpaired) electrons. The highest BCUT2D eigenvalue weighted by Gasteiger charge is 2.27. The zero-order chi connectivity index (χ0) is 16.0. The van der Waals surface area contributed by atoms with Gasteiger partial charge in [-0.15, -0.1) is 11.3 Å². The van der Waals surface area contributed by atoms with Crippen molar-refractivity contribution in [1.29, 1.82) is 0 Å². The molecule has 0 saturated carbocycles. The van der Waals surface area contributed by atoms with Crippen LogP contribution in [0.25, 0.3) is 0 Å². The Balaban J connectivity index is 2.93. The summed E-state index contributed by atoms with van der Waals surface area (Å²) >= 11 is 1.53. The fourth-order valence-corrected chi connectivity index (χ4v) is 4.96. The van der Waals surface area contributed by atoms with Crippen molar-refractivity contribution in [3.63, 3.8) is 0 Å². The normalized spacial score (nSPS) is 12.5. The van der Waals surface area contributed by atoms with E-state index in [1.54, 1.807) is 7.05 Å². The fourth-order valence-electron chi connectivity index (χ4n) is 2.05. The quantitative estimate of drug-likeness (QED) is 0.706. The Morgan fingerprint density at radius 1 is 1.38 bits per heavy atom. The van der Waals surface area contributed by atoms with Crippen LogP contribution in [0.3, 0.4) is 0 Å². The van der Waals surface area contributed by atoms with E-state index in [1.165, 1.54) is 15.6 Å². The molecular weight excluding hydrogens is 304 g/mol. The zero-order valence-electron chi connectivity index (χ0n) is 13.8. The number of rotatable bonds is 9. The number of aryl methyl sites for hydroxylation is 1. The van der Waals surface area contributed by atoms with Crippen LogP contribution in [0, 0.1) is 12.8 Å². The van der Waals surface area contributed by atoms with Gasteiger partial charge in [0.05, 0.1) is 0 Å². The van der Waals surface area contributed by atoms with E-state index in [0.717, 1.165) is 29.8 Å². The summed E-state index contributed by atoms with van der Waals surface area (Å²) in [6.45, 7) is 10.3. The summed E-state index contributed by atoms with van der Waals surface area (Å²) in [6, 6.07) is 0. The summed E-state index contributed by atoms with van der Waals surface area (Å²) in [7, 11) is -1.71. The molecule has 1 N–H and O–H groups in total. The standard InChI is InChI=1S/C15H28N2O2S2/c1-6-8-16-10-14-15(13(4)11-20-14)21(18,19)17(5)9-7-12(2)3/h11-12,16H,6-10H2,1-5H3. The van der Waals surface area contributed by atoms with Gasteiger partial charge >= 0.3 is 0 Å². The first kappa shape index (κ1) is 18.6. The van der Waals surface area contributed by atoms with Gasteiger partial charge in [-0.3, -0.25) is 0 Å². The molecule has 1 rings (SSSR count). The van der Waals surface area contributed by atoms with E-state index in [9.17, 15) is 8.42 Å². The van der Waals surface area contributed by atoms with Crippen molar-refractivity contribution in [1.82, 2.24) is 9.62 Å². The molecule has 4 nitrogen and oxygen atoms in total. The molecule has 0 spiro atoms. The van der Waals surface area contributed by atoms with Crippen LogP contribution in [0.15, 0.2) is 10.3 Å². The van der Waals surface area contributed by atoms with Gasteiger partial charge in [0.25, 0.3) is 0 Å². The number of nitrogens with one attached hydrogen (secondary N) is 1. The number of nitrogens with zero attached hydrogens (tertiary/aromatic N) is 1. The molecular formula is C15H28N2O2S2. The van der Waals surface area contributed by atoms with Crippen molar-refractivity contribution >= 4 is 21.4 Å². The predicted molar refractivity (Wildman–Crippen MR) is 90.3 cm³/mol. The molecule has 0 aliphatic heterocycles. The maximum absolute atomic E-state index is 12.8. The van der Waals surface area contributed by atoms with Crippen molar-refractivity contribution in [2.24, 2.45) is 5.92 Å². The number of hydrogen-bond donors (Lipinski definition) is 1. The van der Waals surface area contributed by atoms with E-state index in [2.05, 4.69) is 26.1 Å². The first-order chi connectivity index (χ1) is 9.80. The first-order valence-corrected chi connectivity index (χ1v) is 9.86. The molecule has 6 heteroatoms. The van der Waals surface area contributed by atoms with Crippen LogP contribution in [-0.2, 0) is 16.6 Å². The molecule has 0 bridgehead atoms. The van der Waals surface area contributed by atoms with Crippen molar-refractivity contribution in [3.05, 3.63) is 15.8 Å². The molecule has 1 aromatic heterocycles. The lowest BCUT2D eigenvalue weighted by atomic mass is 10.1. The summed E-state index contributed by atoms with van der Waals surface area (Å²) in [5.41, 5.74) is 0.852. The minimum atomic E-state index is -3.39. The zero-order valence-corrected chi connectivity index (χ0v) is 15.4. The Kier molecular flexibility index (Phi) is 7.33. The van der Waals surface area contributed by atoms with Crippen molar-refractivity contribution in [3.8, 4) is 0 Å². The van der Waals surface area contributed by atoms with E-state index in [4.69, 9.17) is 0 Å². The summed E-state index contributed by atoms with van der Waals surface area (Å²) in [4.78, 5) is 1.42. The molecule has 0 amide bonds. The summed E-state index contributed by atoms with van der Waals surface area (Å²) in [6.07, 6.45) is 1.92. The van der Waals surface area contributed by atoms with Gasteiger partial charge in [-0.2, -0.15) is 0 Å². The predicted octanol–water partition coefficient (Wildman–Crippen LogP) is 3.22. The van der Waals surface area contributed by atoms with Crippen molar-refractivity contribution in [2.75, 3.05) is 20.1 Å². The van der Waals surface area contributed by atoms with Crippen LogP contribution in [0.1, 0.15) is 44.1 Å². The average molecular weight is 333 g/mol. The molecule has 0 unspecified atom stereocenters. The van der Waals surface area contributed by atoms with Crippen LogP contribution in [0.2, 0.25) is 0 Å². The van der Waals surface area contributed by atoms with Crippen LogP contribution >= 0.6 is 11.3 Å². The Bertz CT molecular complexity index is 536. The minimum absolute atomic E-state index is 0.497. The Morgan fingerprint density at radius 2 is 2.05 bits per heavy atom. The van der Waals surface area contributed by atoms with Gasteiger partial charge in [-0.1, -0.05) is 20.8 Å². The molecule has 0 fully saturated rings. The van der Waals surface area contributed by atoms with Gasteiger partial charge in [0.2, 0.25) is 10.0 Å². The third-order valence-corrected chi connectivity index (χ3v) is 6.71. The number of hydrogen-bond acceptors (Lipinski definition) is 4. The van der Waals surface area contributed by atoms with Gasteiger partial charge in [-0.05, 0) is 43.2 Å². The first-order valence-electron chi connectivity index (χ1n) is 7.54. The monoisotopic (exact) mass is 332 g/mol. The van der Waals surface area contributed by atoms with Gasteiger partial charge in [0, 0.05) is 25.0 Å². The van der Waals surface area contributed by atoms with Crippen molar-refractivity contribution < 1.29 is 8.42 Å². The lowest BCUT2D eigenvalue weighted by molar-refractivity contribution is 0.427. The van der Waals surface area contributed by atoms with E-state index >= 15 is 0 Å². The number of sulfonamides is 1. The van der Waals surface area contributed by atoms with Gasteiger partial charge in [-0.25, -0.2) is 12.7 Å². The van der Waals surface area contributed by atoms with Gasteiger partial charge in [0.1, 0.15) is 4.90 Å². The largest absolute Gasteiger partial charge is 0.312 e. The summed E-state index contributed by atoms with van der Waals surface area (Å²) in [5.74, 6) is 0.497. The van der Waals surface area contributed by atoms with E-state index in [0.29, 0.717) is 23.9 Å². The maximum atomic E-state index is 12.8. The van der Waals surface area contributed by atoms with Crippen LogP contribution < -0.4 is 5.32 Å². The Labute approximate surface area is 133 Å². The molecule has 21 heavy (non-hydrogen) atoms. The van der Waals surface area contributed by atoms with Gasteiger partial charge in [0.15, 0.2) is 0 Å². The summed E-state index contributed by atoms with van der Waals surface area (Å²) in [5, 5.41) is 5.23.